The van der Waals surface area contributed by atoms with E-state index in [4.69, 9.17) is 97.2 Å². The van der Waals surface area contributed by atoms with E-state index in [1.165, 1.54) is 0 Å². The smallest absolute Gasteiger partial charge is 0.113 e. The molecule has 8 bridgehead atoms. The molecule has 31 unspecified atom stereocenters. The van der Waals surface area contributed by atoms with Crippen LogP contribution >= 0.6 is 0 Å². The van der Waals surface area contributed by atoms with Crippen LogP contribution in [0, 0.1) is 134 Å². The van der Waals surface area contributed by atoms with E-state index in [1.807, 2.05) is 0 Å². The van der Waals surface area contributed by atoms with E-state index in [1.54, 1.807) is 0 Å². The summed E-state index contributed by atoms with van der Waals surface area (Å²) in [5, 5.41) is 35.2. The third-order valence-corrected chi connectivity index (χ3v) is 26.0. The van der Waals surface area contributed by atoms with Gasteiger partial charge in [0.2, 0.25) is 0 Å². The molecule has 0 aromatic heterocycles. The molecule has 0 amide bonds. The molecule has 136 heavy (non-hydrogen) atoms. The average Bonchev–Trinajstić information content (AvgIpc) is 1.55. The number of rotatable bonds is 32. The van der Waals surface area contributed by atoms with E-state index in [0.29, 0.717) is 112 Å². The topological polar surface area (TPSA) is 235 Å². The standard InChI is InChI=1S/C112H216N8O16/c1-97(2,3)50-121-67-49-66-68(76(123-52-99(7,8)9)75(67)122-51-98(4,5)6)90-113-89(66)114-91-69-70(78(125-54-101(13,14)15)84(131-60-107(31,32)33)83(130-59-106(28,29)30)77(69)124-53-100(10,11)12)92(115-91)116-93-71-72(80(127-56-103(19,20)21)86(133-62-109(37,38)39)85(132-61-108(34,35)36)79(71)126-55-102(16,17)18)94(117-93)119-96-74-73(95(118-90)120(96)136-65-112(46,47)48)81(128-57-104(22,23)24)87(134-63-110(40,41)42)88(135-64-111(43,44)45)82(74)129-58-105(25,26)27/h66-96,113-119H,49-65H2,1-48H3. The Balaban J connectivity index is 1.53. The van der Waals surface area contributed by atoms with Crippen LogP contribution in [0.25, 0.3) is 0 Å². The summed E-state index contributed by atoms with van der Waals surface area (Å²) < 4.78 is 119. The van der Waals surface area contributed by atoms with Crippen LogP contribution < -0.4 is 37.2 Å². The first-order valence-electron chi connectivity index (χ1n) is 53.4. The summed E-state index contributed by atoms with van der Waals surface area (Å²) in [6.07, 6.45) is -12.9. The van der Waals surface area contributed by atoms with Crippen LogP contribution in [0.5, 0.6) is 0 Å². The summed E-state index contributed by atoms with van der Waals surface area (Å²) in [7, 11) is 0. The normalized spacial score (nSPS) is 36.0. The van der Waals surface area contributed by atoms with Gasteiger partial charge in [-0.1, -0.05) is 332 Å². The molecule has 24 heteroatoms. The van der Waals surface area contributed by atoms with E-state index in [0.717, 1.165) is 0 Å². The Hall–Kier alpha value is -0.960. The second-order valence-electron chi connectivity index (χ2n) is 63.2. The SMILES string of the molecule is CC(C)(C)COC1CC2C3NC(NC4C5C(OCC(C)(C)C)C(OCC(C)(C)C)C(OCC(C)(C)C)C(OCC(C)(C)C)C5C(NC5NC(NC6NC(N3)C3C(OCC(C)(C)C)C(OCC(C)(C)C)C(OCC(C)(C)C)C(OCC(C)(C)C)C63)C3C(OCC(C)(C)C)C(OCC(C)(C)C)C(OCC(C)(C)C)C(OCC(C)(C)C)C53)N4OCC(C)(C)C)C2C(OCC(C)(C)C)C1OCC(C)(C)C. The molecule has 0 radical (unpaired) electrons. The molecule has 0 aromatic carbocycles. The minimum absolute atomic E-state index is 0.189. The van der Waals surface area contributed by atoms with Crippen molar-refractivity contribution in [1.82, 2.24) is 42.3 Å². The molecule has 4 aliphatic carbocycles. The fraction of sp³-hybridized carbons (Fsp3) is 1.00. The molecule has 7 N–H and O–H groups in total. The average molecular weight is 1930 g/mol. The van der Waals surface area contributed by atoms with Crippen molar-refractivity contribution in [3.63, 3.8) is 0 Å². The van der Waals surface area contributed by atoms with Crippen molar-refractivity contribution in [2.45, 2.75) is 480 Å². The molecule has 31 atom stereocenters. The first kappa shape index (κ1) is 119. The predicted molar refractivity (Wildman–Crippen MR) is 550 cm³/mol. The first-order valence-corrected chi connectivity index (χ1v) is 53.4. The van der Waals surface area contributed by atoms with Gasteiger partial charge in [-0.05, 0) is 99.0 Å². The van der Waals surface area contributed by atoms with Crippen LogP contribution in [0.3, 0.4) is 0 Å². The highest BCUT2D eigenvalue weighted by Gasteiger charge is 2.71. The Morgan fingerprint density at radius 1 is 0.162 bits per heavy atom. The lowest BCUT2D eigenvalue weighted by Crippen LogP contribution is -2.68. The van der Waals surface area contributed by atoms with Crippen LogP contribution in [0.4, 0.5) is 0 Å². The minimum Gasteiger partial charge on any atom is -0.375 e. The number of nitrogens with zero attached hydrogens (tertiary/aromatic N) is 1. The summed E-state index contributed by atoms with van der Waals surface area (Å²) >= 11 is 0. The predicted octanol–water partition coefficient (Wildman–Crippen LogP) is 19.9. The van der Waals surface area contributed by atoms with Gasteiger partial charge in [-0.2, -0.15) is 5.06 Å². The van der Waals surface area contributed by atoms with Gasteiger partial charge >= 0.3 is 0 Å². The Bertz CT molecular complexity index is 3610. The summed E-state index contributed by atoms with van der Waals surface area (Å²) in [6.45, 7) is 116. The van der Waals surface area contributed by atoms with Gasteiger partial charge in [0.15, 0.2) is 0 Å². The summed E-state index contributed by atoms with van der Waals surface area (Å²) in [5.74, 6) is -3.06. The molecule has 0 spiro atoms. The molecule has 5 saturated heterocycles. The molecular formula is C112H216N8O16. The molecule has 4 saturated carbocycles. The highest BCUT2D eigenvalue weighted by Crippen LogP contribution is 2.56. The van der Waals surface area contributed by atoms with Crippen molar-refractivity contribution in [1.29, 1.82) is 0 Å². The molecule has 5 heterocycles. The Morgan fingerprint density at radius 3 is 0.522 bits per heavy atom. The van der Waals surface area contributed by atoms with Gasteiger partial charge in [0.1, 0.15) is 42.7 Å². The molecule has 0 aromatic rings. The van der Waals surface area contributed by atoms with Crippen LogP contribution in [0.2, 0.25) is 0 Å². The van der Waals surface area contributed by atoms with Crippen LogP contribution in [0.15, 0.2) is 0 Å². The number of ether oxygens (including phenoxy) is 15. The van der Waals surface area contributed by atoms with Crippen molar-refractivity contribution in [3.8, 4) is 0 Å². The second kappa shape index (κ2) is 44.4. The Kier molecular flexibility index (Phi) is 38.8. The Labute approximate surface area is 833 Å². The van der Waals surface area contributed by atoms with Crippen LogP contribution in [-0.2, 0) is 75.9 Å². The van der Waals surface area contributed by atoms with Gasteiger partial charge in [0, 0.05) is 41.4 Å². The fourth-order valence-corrected chi connectivity index (χ4v) is 20.6. The molecule has 24 nitrogen and oxygen atoms in total. The van der Waals surface area contributed by atoms with Crippen LogP contribution in [0.1, 0.15) is 339 Å². The lowest BCUT2D eigenvalue weighted by Gasteiger charge is -2.53. The highest BCUT2D eigenvalue weighted by molar-refractivity contribution is 5.21. The quantitative estimate of drug-likeness (QED) is 0.0332. The third kappa shape index (κ3) is 35.7. The van der Waals surface area contributed by atoms with Crippen molar-refractivity contribution >= 4 is 0 Å². The van der Waals surface area contributed by atoms with Gasteiger partial charge in [-0.3, -0.25) is 42.1 Å². The maximum atomic E-state index is 8.21. The second-order valence-corrected chi connectivity index (χ2v) is 63.2. The van der Waals surface area contributed by atoms with E-state index in [2.05, 4.69) is 353 Å². The van der Waals surface area contributed by atoms with Crippen LogP contribution in [-0.4, -0.2) is 252 Å². The molecule has 9 rings (SSSR count). The van der Waals surface area contributed by atoms with Crippen molar-refractivity contribution < 1.29 is 75.9 Å². The number of hydrogen-bond donors (Lipinski definition) is 7. The number of fused-ring (bicyclic) bond motifs is 20. The van der Waals surface area contributed by atoms with Gasteiger partial charge in [0.05, 0.1) is 204 Å². The van der Waals surface area contributed by atoms with Gasteiger partial charge in [0.25, 0.3) is 0 Å². The molecule has 5 aliphatic heterocycles. The molecule has 9 aliphatic rings. The zero-order chi connectivity index (χ0) is 103. The van der Waals surface area contributed by atoms with Crippen molar-refractivity contribution in [2.24, 2.45) is 134 Å². The van der Waals surface area contributed by atoms with E-state index in [9.17, 15) is 0 Å². The van der Waals surface area contributed by atoms with Gasteiger partial charge in [-0.25, -0.2) is 0 Å². The van der Waals surface area contributed by atoms with E-state index >= 15 is 0 Å². The van der Waals surface area contributed by atoms with E-state index < -0.39 is 165 Å². The monoisotopic (exact) mass is 1930 g/mol. The molecular weight excluding hydrogens is 1710 g/mol. The van der Waals surface area contributed by atoms with Gasteiger partial charge < -0.3 is 71.1 Å². The number of hydroxylamine groups is 2. The first-order chi connectivity index (χ1) is 61.4. The molecule has 800 valence electrons. The third-order valence-electron chi connectivity index (χ3n) is 26.0. The summed E-state index contributed by atoms with van der Waals surface area (Å²) in [4.78, 5) is 8.21. The molecule has 9 fully saturated rings. The lowest BCUT2D eigenvalue weighted by atomic mass is 9.69. The van der Waals surface area contributed by atoms with Crippen molar-refractivity contribution in [3.05, 3.63) is 0 Å². The van der Waals surface area contributed by atoms with Crippen molar-refractivity contribution in [2.75, 3.05) is 106 Å². The minimum atomic E-state index is -0.701. The number of nitrogens with one attached hydrogen (secondary N) is 7. The largest absolute Gasteiger partial charge is 0.375 e. The van der Waals surface area contributed by atoms with Gasteiger partial charge in [-0.15, -0.1) is 0 Å². The Morgan fingerprint density at radius 2 is 0.316 bits per heavy atom. The summed E-state index contributed by atoms with van der Waals surface area (Å²) in [6, 6.07) is 0. The number of hydrogen-bond acceptors (Lipinski definition) is 24. The highest BCUT2D eigenvalue weighted by atomic mass is 16.7. The lowest BCUT2D eigenvalue weighted by molar-refractivity contribution is -0.258. The maximum absolute atomic E-state index is 8.21. The zero-order valence-corrected chi connectivity index (χ0v) is 96.4. The van der Waals surface area contributed by atoms with E-state index in [-0.39, 0.29) is 110 Å². The fourth-order valence-electron chi connectivity index (χ4n) is 20.6. The maximum Gasteiger partial charge on any atom is 0.113 e. The zero-order valence-electron chi connectivity index (χ0n) is 96.4. The summed E-state index contributed by atoms with van der Waals surface area (Å²) in [5.41, 5.74) is -4.33.